The molecule has 0 aliphatic heterocycles. The molecule has 3 aliphatic carbocycles. The Bertz CT molecular complexity index is 1540. The second kappa shape index (κ2) is 9.47. The third kappa shape index (κ3) is 3.65. The third-order valence-electron chi connectivity index (χ3n) is 8.42. The number of ether oxygens (including phenoxy) is 1. The first kappa shape index (κ1) is 27.4. The largest absolute Gasteiger partial charge is 0.508 e. The van der Waals surface area contributed by atoms with Crippen molar-refractivity contribution in [2.24, 2.45) is 23.3 Å². The van der Waals surface area contributed by atoms with E-state index in [1.807, 2.05) is 12.1 Å². The zero-order valence-corrected chi connectivity index (χ0v) is 22.3. The van der Waals surface area contributed by atoms with Crippen molar-refractivity contribution in [1.82, 2.24) is 4.90 Å². The number of fused-ring (bicyclic) bond motifs is 3. The molecule has 1 saturated carbocycles. The Hall–Kier alpha value is -4.19. The number of Topliss-reactive ketones (excluding diaryl/α,β-unsaturated/α-hetero) is 2. The molecule has 4 atom stereocenters. The van der Waals surface area contributed by atoms with Crippen molar-refractivity contribution < 1.29 is 39.5 Å². The van der Waals surface area contributed by atoms with Crippen LogP contribution in [0.1, 0.15) is 23.1 Å². The Kier molecular flexibility index (Phi) is 6.48. The van der Waals surface area contributed by atoms with Crippen molar-refractivity contribution in [3.8, 4) is 22.6 Å². The lowest BCUT2D eigenvalue weighted by molar-refractivity contribution is -0.153. The van der Waals surface area contributed by atoms with Gasteiger partial charge in [-0.05, 0) is 67.7 Å². The number of primary amides is 1. The zero-order valence-electron chi connectivity index (χ0n) is 22.3. The number of ketones is 2. The summed E-state index contributed by atoms with van der Waals surface area (Å²) in [6.07, 6.45) is 0.194. The van der Waals surface area contributed by atoms with E-state index in [-0.39, 0.29) is 36.3 Å². The molecule has 0 bridgehead atoms. The molecule has 3 aliphatic rings. The lowest BCUT2D eigenvalue weighted by Crippen LogP contribution is -2.65. The van der Waals surface area contributed by atoms with Crippen molar-refractivity contribution in [3.63, 3.8) is 0 Å². The minimum absolute atomic E-state index is 0.0114. The number of phenolic OH excluding ortho intramolecular Hbond substituents is 1. The lowest BCUT2D eigenvalue weighted by Gasteiger charge is -2.50. The van der Waals surface area contributed by atoms with Gasteiger partial charge in [0.2, 0.25) is 5.78 Å². The molecule has 8 N–H and O–H groups in total. The van der Waals surface area contributed by atoms with Crippen LogP contribution in [0.25, 0.3) is 16.9 Å². The Balaban J connectivity index is 1.72. The number of carbonyl (C=O) groups excluding carboxylic acids is 3. The van der Waals surface area contributed by atoms with Crippen molar-refractivity contribution in [1.29, 1.82) is 0 Å². The summed E-state index contributed by atoms with van der Waals surface area (Å²) in [6, 6.07) is 7.40. The fraction of sp³-hybridized carbons (Fsp3) is 0.345. The van der Waals surface area contributed by atoms with Crippen LogP contribution in [-0.4, -0.2) is 75.6 Å². The van der Waals surface area contributed by atoms with Gasteiger partial charge in [0.05, 0.1) is 18.7 Å². The fourth-order valence-electron chi connectivity index (χ4n) is 6.62. The van der Waals surface area contributed by atoms with Gasteiger partial charge in [-0.2, -0.15) is 0 Å². The van der Waals surface area contributed by atoms with Crippen LogP contribution >= 0.6 is 0 Å². The van der Waals surface area contributed by atoms with Gasteiger partial charge in [0.1, 0.15) is 28.6 Å². The number of aromatic hydroxyl groups is 1. The van der Waals surface area contributed by atoms with Gasteiger partial charge in [-0.15, -0.1) is 0 Å². The number of phenols is 1. The first-order valence-corrected chi connectivity index (χ1v) is 12.7. The second-order valence-corrected chi connectivity index (χ2v) is 10.7. The molecule has 11 heteroatoms. The SMILES string of the molecule is COc1ccc(-c2ccc(O)c3c2C[C@H]2C[C@H]4[C@@H](N(C)C)C(=O)C(C(N)=O)=C(O)[C@@]4(O)C(=O)C2=C3O)cc1CN. The molecule has 0 spiro atoms. The summed E-state index contributed by atoms with van der Waals surface area (Å²) in [5, 5.41) is 44.9. The van der Waals surface area contributed by atoms with Gasteiger partial charge < -0.3 is 36.6 Å². The molecule has 0 aromatic heterocycles. The van der Waals surface area contributed by atoms with Crippen molar-refractivity contribution in [2.75, 3.05) is 21.2 Å². The monoisotopic (exact) mass is 549 g/mol. The van der Waals surface area contributed by atoms with Crippen LogP contribution < -0.4 is 16.2 Å². The molecular weight excluding hydrogens is 518 g/mol. The van der Waals surface area contributed by atoms with Gasteiger partial charge in [-0.3, -0.25) is 19.3 Å². The Morgan fingerprint density at radius 3 is 2.45 bits per heavy atom. The number of amides is 1. The fourth-order valence-corrected chi connectivity index (χ4v) is 6.62. The molecule has 0 unspecified atom stereocenters. The molecule has 5 rings (SSSR count). The van der Waals surface area contributed by atoms with Gasteiger partial charge in [-0.1, -0.05) is 12.1 Å². The number of benzene rings is 2. The minimum atomic E-state index is -2.68. The zero-order chi connectivity index (χ0) is 29.3. The predicted molar refractivity (Wildman–Crippen MR) is 144 cm³/mol. The number of rotatable bonds is 5. The highest BCUT2D eigenvalue weighted by Crippen LogP contribution is 2.53. The summed E-state index contributed by atoms with van der Waals surface area (Å²) < 4.78 is 5.37. The number of likely N-dealkylation sites (N-methyl/N-ethyl adjacent to an activating group) is 1. The quantitative estimate of drug-likeness (QED) is 0.294. The molecule has 1 fully saturated rings. The number of nitrogens with two attached hydrogens (primary N) is 2. The molecule has 0 saturated heterocycles. The maximum Gasteiger partial charge on any atom is 0.255 e. The smallest absolute Gasteiger partial charge is 0.255 e. The van der Waals surface area contributed by atoms with Crippen LogP contribution in [0, 0.1) is 11.8 Å². The van der Waals surface area contributed by atoms with E-state index < -0.39 is 58.0 Å². The van der Waals surface area contributed by atoms with E-state index in [2.05, 4.69) is 0 Å². The minimum Gasteiger partial charge on any atom is -0.508 e. The standard InChI is InChI=1S/C29H31N3O8/c1-32(2)23-17-10-13-9-16-15(12-4-7-19(40-3)14(8-12)11-30)5-6-18(33)21(16)24(34)20(13)26(36)29(17,39)27(37)22(25(23)35)28(31)38/h4-8,13,17,23,33-34,37,39H,9-11,30H2,1-3H3,(H2,31,38)/t13-,17-,23+,29-/m0/s1. The number of hydrogen-bond donors (Lipinski definition) is 6. The van der Waals surface area contributed by atoms with Crippen LogP contribution in [-0.2, 0) is 27.3 Å². The van der Waals surface area contributed by atoms with Gasteiger partial charge in [0.25, 0.3) is 5.91 Å². The van der Waals surface area contributed by atoms with Crippen LogP contribution in [0.5, 0.6) is 11.5 Å². The van der Waals surface area contributed by atoms with Crippen LogP contribution in [0.4, 0.5) is 0 Å². The summed E-state index contributed by atoms with van der Waals surface area (Å²) in [6.45, 7) is 0.217. The van der Waals surface area contributed by atoms with Crippen LogP contribution in [0.2, 0.25) is 0 Å². The van der Waals surface area contributed by atoms with Gasteiger partial charge >= 0.3 is 0 Å². The van der Waals surface area contributed by atoms with E-state index in [4.69, 9.17) is 16.2 Å². The number of carbonyl (C=O) groups is 3. The predicted octanol–water partition coefficient (Wildman–Crippen LogP) is 1.10. The molecule has 210 valence electrons. The first-order valence-electron chi connectivity index (χ1n) is 12.7. The highest BCUT2D eigenvalue weighted by Gasteiger charge is 2.64. The third-order valence-corrected chi connectivity index (χ3v) is 8.42. The van der Waals surface area contributed by atoms with E-state index in [9.17, 15) is 34.8 Å². The Labute approximate surface area is 230 Å². The maximum atomic E-state index is 14.0. The summed E-state index contributed by atoms with van der Waals surface area (Å²) in [5.41, 5.74) is 10.3. The highest BCUT2D eigenvalue weighted by atomic mass is 16.5. The van der Waals surface area contributed by atoms with E-state index in [0.29, 0.717) is 16.9 Å². The average Bonchev–Trinajstić information content (AvgIpc) is 2.90. The van der Waals surface area contributed by atoms with Gasteiger partial charge in [0, 0.05) is 23.6 Å². The molecule has 2 aromatic carbocycles. The lowest BCUT2D eigenvalue weighted by atomic mass is 9.57. The number of hydrogen-bond acceptors (Lipinski definition) is 10. The number of aliphatic hydroxyl groups is 3. The van der Waals surface area contributed by atoms with E-state index >= 15 is 0 Å². The van der Waals surface area contributed by atoms with Gasteiger partial charge in [0.15, 0.2) is 11.4 Å². The van der Waals surface area contributed by atoms with Crippen LogP contribution in [0.15, 0.2) is 47.2 Å². The van der Waals surface area contributed by atoms with E-state index in [1.165, 1.54) is 11.0 Å². The van der Waals surface area contributed by atoms with Crippen LogP contribution in [0.3, 0.4) is 0 Å². The summed E-state index contributed by atoms with van der Waals surface area (Å²) in [5.74, 6) is -6.25. The highest BCUT2D eigenvalue weighted by molar-refractivity contribution is 6.24. The molecule has 0 heterocycles. The number of aliphatic hydroxyl groups excluding tert-OH is 2. The molecule has 40 heavy (non-hydrogen) atoms. The topological polar surface area (TPSA) is 197 Å². The molecule has 0 radical (unpaired) electrons. The van der Waals surface area contributed by atoms with Crippen molar-refractivity contribution in [2.45, 2.75) is 31.0 Å². The molecular formula is C29H31N3O8. The summed E-state index contributed by atoms with van der Waals surface area (Å²) >= 11 is 0. The van der Waals surface area contributed by atoms with Crippen molar-refractivity contribution >= 4 is 23.2 Å². The van der Waals surface area contributed by atoms with Gasteiger partial charge in [-0.25, -0.2) is 0 Å². The molecule has 1 amide bonds. The Morgan fingerprint density at radius 1 is 1.15 bits per heavy atom. The molecule has 11 nitrogen and oxygen atoms in total. The Morgan fingerprint density at radius 2 is 1.85 bits per heavy atom. The summed E-state index contributed by atoms with van der Waals surface area (Å²) in [4.78, 5) is 40.8. The first-order chi connectivity index (χ1) is 18.9. The summed E-state index contributed by atoms with van der Waals surface area (Å²) in [7, 11) is 4.66. The number of nitrogens with zero attached hydrogens (tertiary/aromatic N) is 1. The normalized spacial score (nSPS) is 26.0. The van der Waals surface area contributed by atoms with E-state index in [0.717, 1.165) is 11.1 Å². The van der Waals surface area contributed by atoms with E-state index in [1.54, 1.807) is 33.3 Å². The van der Waals surface area contributed by atoms with Crippen molar-refractivity contribution in [3.05, 3.63) is 63.9 Å². The average molecular weight is 550 g/mol. The maximum absolute atomic E-state index is 14.0. The second-order valence-electron chi connectivity index (χ2n) is 10.7. The number of methoxy groups -OCH3 is 1. The molecule has 2 aromatic rings.